The number of hydrogen-bond donors (Lipinski definition) is 0. The predicted octanol–water partition coefficient (Wildman–Crippen LogP) is 8.00. The molecule has 41 heavy (non-hydrogen) atoms. The van der Waals surface area contributed by atoms with E-state index in [4.69, 9.17) is 14.0 Å². The fraction of sp³-hybridized carbons (Fsp3) is 0.333. The Kier molecular flexibility index (Phi) is 10.5. The molecule has 0 radical (unpaired) electrons. The molecule has 0 N–H and O–H groups in total. The lowest BCUT2D eigenvalue weighted by Gasteiger charge is -2.38. The van der Waals surface area contributed by atoms with Gasteiger partial charge < -0.3 is 14.0 Å². The Hall–Kier alpha value is -3.55. The second kappa shape index (κ2) is 13.4. The number of halogens is 9. The van der Waals surface area contributed by atoms with Gasteiger partial charge in [-0.15, -0.1) is 0 Å². The molecule has 0 bridgehead atoms. The van der Waals surface area contributed by atoms with Crippen molar-refractivity contribution in [1.29, 1.82) is 0 Å². The highest BCUT2D eigenvalue weighted by atomic mass is 19.2. The largest absolute Gasteiger partial charge is 0.864 e. The molecule has 0 amide bonds. The normalized spacial score (nSPS) is 11.5. The summed E-state index contributed by atoms with van der Waals surface area (Å²) in [6.07, 6.45) is 1.61. The van der Waals surface area contributed by atoms with Crippen LogP contribution in [0.3, 0.4) is 0 Å². The number of nitrogens with zero attached hydrogens (tertiary/aromatic N) is 1. The molecule has 0 heterocycles. The van der Waals surface area contributed by atoms with Gasteiger partial charge in [0.15, 0.2) is 34.7 Å². The van der Waals surface area contributed by atoms with Crippen LogP contribution in [0.4, 0.5) is 45.2 Å². The van der Waals surface area contributed by atoms with Crippen LogP contribution < -0.4 is 18.4 Å². The highest BCUT2D eigenvalue weighted by Crippen LogP contribution is 2.37. The molecule has 0 aliphatic heterocycles. The molecule has 14 heteroatoms. The lowest BCUT2D eigenvalue weighted by atomic mass is 10.1. The van der Waals surface area contributed by atoms with Gasteiger partial charge in [0.05, 0.1) is 19.6 Å². The highest BCUT2D eigenvalue weighted by Gasteiger charge is 2.39. The molecule has 0 unspecified atom stereocenters. The highest BCUT2D eigenvalue weighted by molar-refractivity contribution is 6.39. The van der Waals surface area contributed by atoms with E-state index in [0.29, 0.717) is 63.2 Å². The van der Waals surface area contributed by atoms with E-state index in [9.17, 15) is 35.1 Å². The first-order valence-corrected chi connectivity index (χ1v) is 12.7. The molecule has 3 aromatic carbocycles. The molecular weight excluding hydrogens is 568 g/mol. The summed E-state index contributed by atoms with van der Waals surface area (Å²) in [6.45, 7) is 6.45. The lowest BCUT2D eigenvalue weighted by molar-refractivity contribution is 0.254. The van der Waals surface area contributed by atoms with Crippen LogP contribution in [-0.4, -0.2) is 27.0 Å². The van der Waals surface area contributed by atoms with Crippen molar-refractivity contribution in [3.63, 3.8) is 0 Å². The summed E-state index contributed by atoms with van der Waals surface area (Å²) in [7, 11) is -2.54. The van der Waals surface area contributed by atoms with E-state index in [1.165, 1.54) is 0 Å². The van der Waals surface area contributed by atoms with E-state index in [-0.39, 0.29) is 10.2 Å². The van der Waals surface area contributed by atoms with E-state index in [0.717, 1.165) is 6.07 Å². The molecular formula is C27H26BF9NO3+. The van der Waals surface area contributed by atoms with Crippen molar-refractivity contribution >= 4 is 13.0 Å². The van der Waals surface area contributed by atoms with Gasteiger partial charge in [0.25, 0.3) is 0 Å². The minimum absolute atomic E-state index is 0.106. The van der Waals surface area contributed by atoms with Crippen LogP contribution in [0.25, 0.3) is 0 Å². The summed E-state index contributed by atoms with van der Waals surface area (Å²) in [5.74, 6) is -19.5. The predicted molar refractivity (Wildman–Crippen MR) is 134 cm³/mol. The average molecular weight is 594 g/mol. The molecule has 0 atom stereocenters. The van der Waals surface area contributed by atoms with Gasteiger partial charge in [-0.1, -0.05) is 20.8 Å². The van der Waals surface area contributed by atoms with Crippen LogP contribution in [0.1, 0.15) is 40.0 Å². The van der Waals surface area contributed by atoms with Crippen molar-refractivity contribution in [3.05, 3.63) is 82.7 Å². The molecule has 0 aliphatic rings. The minimum Gasteiger partial charge on any atom is -0.487 e. The van der Waals surface area contributed by atoms with Crippen LogP contribution >= 0.6 is 0 Å². The third-order valence-electron chi connectivity index (χ3n) is 6.23. The number of hydrogen-bond acceptors (Lipinski definition) is 3. The Morgan fingerprint density at radius 2 is 0.902 bits per heavy atom. The Morgan fingerprint density at radius 3 is 1.32 bits per heavy atom. The van der Waals surface area contributed by atoms with E-state index in [2.05, 4.69) is 0 Å². The third kappa shape index (κ3) is 6.69. The van der Waals surface area contributed by atoms with Gasteiger partial charge in [-0.2, -0.15) is 17.6 Å². The Morgan fingerprint density at radius 1 is 0.512 bits per heavy atom. The van der Waals surface area contributed by atoms with Crippen LogP contribution in [0, 0.1) is 52.4 Å². The Balaban J connectivity index is 2.15. The molecule has 0 aliphatic carbocycles. The molecule has 0 saturated carbocycles. The zero-order chi connectivity index (χ0) is 30.5. The number of quaternary nitrogens is 1. The van der Waals surface area contributed by atoms with Crippen LogP contribution in [0.2, 0.25) is 0 Å². The molecule has 0 spiro atoms. The summed E-state index contributed by atoms with van der Waals surface area (Å²) in [4.78, 5) is 0. The van der Waals surface area contributed by atoms with Crippen LogP contribution in [-0.2, 0) is 0 Å². The fourth-order valence-corrected chi connectivity index (χ4v) is 4.56. The van der Waals surface area contributed by atoms with Gasteiger partial charge in [0.2, 0.25) is 29.1 Å². The molecule has 0 fully saturated rings. The monoisotopic (exact) mass is 594 g/mol. The first-order valence-electron chi connectivity index (χ1n) is 12.7. The summed E-state index contributed by atoms with van der Waals surface area (Å²) in [5, 5.41) is 0. The topological polar surface area (TPSA) is 27.7 Å². The Bertz CT molecular complexity index is 1320. The van der Waals surface area contributed by atoms with Gasteiger partial charge in [0, 0.05) is 6.07 Å². The minimum atomic E-state index is -2.54. The van der Waals surface area contributed by atoms with Gasteiger partial charge in [0.1, 0.15) is 11.5 Å². The maximum Gasteiger partial charge on any atom is 0.864 e. The smallest absolute Gasteiger partial charge is 0.487 e. The SMILES string of the molecule is CCC[N+](CCC)(CCC)c1cc(OB(Oc2ccc(F)c(F)c2F)Oc2ccc(F)c(F)c2F)c(F)c(F)c1F. The van der Waals surface area contributed by atoms with Crippen LogP contribution in [0.5, 0.6) is 17.2 Å². The third-order valence-corrected chi connectivity index (χ3v) is 6.23. The molecule has 222 valence electrons. The van der Waals surface area contributed by atoms with E-state index in [1.54, 1.807) is 0 Å². The standard InChI is InChI=1S/C27H26BF9NO3/c1-4-11-38(12-5-2,13-6-3)17-14-20(26(36)27(37)23(17)33)41-28(39-18-9-7-15(29)21(31)24(18)34)40-19-10-8-16(30)22(32)25(19)35/h7-10,14H,4-6,11-13H2,1-3H3/q+1. The van der Waals surface area contributed by atoms with Gasteiger partial charge in [-0.25, -0.2) is 22.0 Å². The van der Waals surface area contributed by atoms with Gasteiger partial charge >= 0.3 is 7.32 Å². The molecule has 0 aromatic heterocycles. The zero-order valence-electron chi connectivity index (χ0n) is 22.3. The van der Waals surface area contributed by atoms with Crippen molar-refractivity contribution in [2.24, 2.45) is 0 Å². The Labute approximate surface area is 231 Å². The second-order valence-corrected chi connectivity index (χ2v) is 9.14. The molecule has 0 saturated heterocycles. The average Bonchev–Trinajstić information content (AvgIpc) is 2.94. The summed E-state index contributed by atoms with van der Waals surface area (Å²) >= 11 is 0. The molecule has 3 rings (SSSR count). The van der Waals surface area contributed by atoms with E-state index in [1.807, 2.05) is 20.8 Å². The summed E-state index contributed by atoms with van der Waals surface area (Å²) in [5.41, 5.74) is -0.291. The maximum absolute atomic E-state index is 15.2. The second-order valence-electron chi connectivity index (χ2n) is 9.14. The van der Waals surface area contributed by atoms with E-state index >= 15 is 4.39 Å². The molecule has 4 nitrogen and oxygen atoms in total. The first kappa shape index (κ1) is 32.0. The van der Waals surface area contributed by atoms with Crippen molar-refractivity contribution in [2.75, 3.05) is 19.6 Å². The zero-order valence-corrected chi connectivity index (χ0v) is 22.3. The van der Waals surface area contributed by atoms with Crippen LogP contribution in [0.15, 0.2) is 30.3 Å². The fourth-order valence-electron chi connectivity index (χ4n) is 4.56. The van der Waals surface area contributed by atoms with Crippen molar-refractivity contribution in [2.45, 2.75) is 40.0 Å². The van der Waals surface area contributed by atoms with Crippen molar-refractivity contribution < 1.29 is 53.5 Å². The number of benzene rings is 3. The number of rotatable bonds is 13. The first-order chi connectivity index (χ1) is 19.4. The molecule has 3 aromatic rings. The van der Waals surface area contributed by atoms with Crippen molar-refractivity contribution in [3.8, 4) is 17.2 Å². The summed E-state index contributed by atoms with van der Waals surface area (Å²) < 4.78 is 143. The summed E-state index contributed by atoms with van der Waals surface area (Å²) in [6, 6.07) is 2.88. The van der Waals surface area contributed by atoms with Crippen molar-refractivity contribution in [1.82, 2.24) is 4.48 Å². The van der Waals surface area contributed by atoms with Gasteiger partial charge in [-0.3, -0.25) is 4.48 Å². The van der Waals surface area contributed by atoms with E-state index < -0.39 is 76.9 Å². The lowest BCUT2D eigenvalue weighted by Crippen LogP contribution is -2.51. The quantitative estimate of drug-likeness (QED) is 0.0869. The maximum atomic E-state index is 15.2. The van der Waals surface area contributed by atoms with Gasteiger partial charge in [-0.05, 0) is 43.5 Å².